The molecule has 0 radical (unpaired) electrons. The summed E-state index contributed by atoms with van der Waals surface area (Å²) in [6.45, 7) is -7.68. The van der Waals surface area contributed by atoms with Gasteiger partial charge in [-0.05, 0) is 0 Å². The normalized spacial score (nSPS) is 53.7. The largest absolute Gasteiger partial charge is 0.395 e. The Labute approximate surface area is 459 Å². The van der Waals surface area contributed by atoms with Gasteiger partial charge in [-0.25, -0.2) is 0 Å². The minimum absolute atomic E-state index is 0.188. The zero-order chi connectivity index (χ0) is 58.2. The molecule has 21 aliphatic heterocycles. The van der Waals surface area contributed by atoms with Crippen molar-refractivity contribution < 1.29 is 168 Å². The van der Waals surface area contributed by atoms with Crippen LogP contribution in [0.15, 0.2) is 0 Å². The molecule has 0 aromatic rings. The highest BCUT2D eigenvalue weighted by Crippen LogP contribution is 2.39. The molecule has 36 heteroatoms. The fourth-order valence-corrected chi connectivity index (χ4v) is 11.3. The monoisotopic (exact) mass is 1190 g/mol. The van der Waals surface area contributed by atoms with Gasteiger partial charge >= 0.3 is 0 Å². The van der Waals surface area contributed by atoms with Crippen LogP contribution in [0.4, 0.5) is 0 Å². The van der Waals surface area contributed by atoms with Crippen molar-refractivity contribution in [3.63, 3.8) is 0 Å². The van der Waals surface area contributed by atoms with E-state index in [2.05, 4.69) is 17.9 Å². The first-order valence-corrected chi connectivity index (χ1v) is 26.3. The molecule has 21 fully saturated rings. The maximum Gasteiger partial charge on any atom is 0.187 e. The highest BCUT2D eigenvalue weighted by Gasteiger charge is 2.59. The van der Waals surface area contributed by atoms with Crippen LogP contribution >= 0.6 is 12.6 Å². The molecule has 0 aromatic carbocycles. The third-order valence-electron chi connectivity index (χ3n) is 15.3. The van der Waals surface area contributed by atoms with Crippen LogP contribution < -0.4 is 5.32 Å². The van der Waals surface area contributed by atoms with E-state index in [1.54, 1.807) is 0 Å². The molecule has 0 aromatic heterocycles. The summed E-state index contributed by atoms with van der Waals surface area (Å²) in [4.78, 5) is 0. The number of ether oxygens (including phenoxy) is 14. The lowest BCUT2D eigenvalue weighted by Crippen LogP contribution is -2.69. The van der Waals surface area contributed by atoms with Crippen molar-refractivity contribution in [1.29, 1.82) is 0 Å². The molecule has 0 spiro atoms. The minimum Gasteiger partial charge on any atom is -0.395 e. The Morgan fingerprint density at radius 1 is 0.250 bits per heavy atom. The topological polar surface area (TPSA) is 546 Å². The molecule has 0 saturated carbocycles. The maximum atomic E-state index is 11.5. The average molecular weight is 1190 g/mol. The van der Waals surface area contributed by atoms with Gasteiger partial charge in [0.15, 0.2) is 44.0 Å². The van der Waals surface area contributed by atoms with Crippen LogP contribution in [0, 0.1) is 0 Å². The summed E-state index contributed by atoms with van der Waals surface area (Å²) < 4.78 is 81.4. The van der Waals surface area contributed by atoms with Crippen LogP contribution in [-0.4, -0.2) is 376 Å². The molecular weight excluding hydrogens is 1120 g/mol. The minimum atomic E-state index is -2.20. The molecule has 80 heavy (non-hydrogen) atoms. The molecule has 0 unspecified atom stereocenters. The molecule has 21 rings (SSSR count). The Hall–Kier alpha value is -1.05. The zero-order valence-electron chi connectivity index (χ0n) is 42.2. The van der Waals surface area contributed by atoms with Gasteiger partial charge in [0.25, 0.3) is 0 Å². The predicted octanol–water partition coefficient (Wildman–Crippen LogP) is -14.7. The van der Waals surface area contributed by atoms with Crippen molar-refractivity contribution in [2.24, 2.45) is 0 Å². The number of nitrogens with one attached hydrogen (secondary N) is 1. The number of hydrogen-bond donors (Lipinski definition) is 22. The van der Waals surface area contributed by atoms with E-state index in [9.17, 15) is 102 Å². The number of hydrogen-bond acceptors (Lipinski definition) is 36. The fourth-order valence-electron chi connectivity index (χ4n) is 10.9. The van der Waals surface area contributed by atoms with Crippen LogP contribution in [0.3, 0.4) is 0 Å². The van der Waals surface area contributed by atoms with Gasteiger partial charge in [-0.3, -0.25) is 0 Å². The summed E-state index contributed by atoms with van der Waals surface area (Å²) in [5.41, 5.74) is 0. The van der Waals surface area contributed by atoms with E-state index in [-0.39, 0.29) is 6.54 Å². The number of rotatable bonds is 10. The van der Waals surface area contributed by atoms with Crippen molar-refractivity contribution in [3.8, 4) is 0 Å². The van der Waals surface area contributed by atoms with Crippen molar-refractivity contribution >= 4 is 12.6 Å². The van der Waals surface area contributed by atoms with Crippen molar-refractivity contribution in [2.45, 2.75) is 214 Å². The van der Waals surface area contributed by atoms with Crippen molar-refractivity contribution in [3.05, 3.63) is 0 Å². The summed E-state index contributed by atoms with van der Waals surface area (Å²) >= 11 is 4.65. The molecule has 21 heterocycles. The first-order valence-electron chi connectivity index (χ1n) is 25.8. The summed E-state index contributed by atoms with van der Waals surface area (Å²) in [5, 5.41) is 221. The highest BCUT2D eigenvalue weighted by atomic mass is 32.1. The molecule has 35 atom stereocenters. The predicted molar refractivity (Wildman–Crippen MR) is 248 cm³/mol. The van der Waals surface area contributed by atoms with Crippen molar-refractivity contribution in [1.82, 2.24) is 5.32 Å². The van der Waals surface area contributed by atoms with Gasteiger partial charge in [-0.15, -0.1) is 0 Å². The Balaban J connectivity index is 1.09. The Morgan fingerprint density at radius 3 is 0.650 bits per heavy atom. The highest BCUT2D eigenvalue weighted by molar-refractivity contribution is 7.81. The van der Waals surface area contributed by atoms with Gasteiger partial charge < -0.3 is 174 Å². The molecule has 466 valence electrons. The number of aliphatic hydroxyl groups is 20. The number of aliphatic hydroxyl groups excluding tert-OH is 20. The van der Waals surface area contributed by atoms with Gasteiger partial charge in [0.1, 0.15) is 159 Å². The second kappa shape index (κ2) is 28.2. The van der Waals surface area contributed by atoms with E-state index in [0.717, 1.165) is 0 Å². The molecule has 0 amide bonds. The fraction of sp³-hybridized carbons (Fsp3) is 1.00. The Kier molecular flexibility index (Phi) is 22.9. The zero-order valence-corrected chi connectivity index (χ0v) is 43.1. The van der Waals surface area contributed by atoms with E-state index >= 15 is 0 Å². The van der Waals surface area contributed by atoms with E-state index < -0.39 is 267 Å². The molecule has 35 nitrogen and oxygen atoms in total. The van der Waals surface area contributed by atoms with E-state index in [4.69, 9.17) is 66.3 Å². The van der Waals surface area contributed by atoms with Crippen LogP contribution in [0.25, 0.3) is 0 Å². The summed E-state index contributed by atoms with van der Waals surface area (Å²) in [6, 6.07) is -1.20. The molecule has 21 N–H and O–H groups in total. The van der Waals surface area contributed by atoms with Crippen LogP contribution in [0.5, 0.6) is 0 Å². The van der Waals surface area contributed by atoms with Crippen molar-refractivity contribution in [2.75, 3.05) is 59.4 Å². The Bertz CT molecular complexity index is 1880. The SMILES string of the molecule is OCCN[C@H]1[C@H](S)[C@H]2O[C@H]3[C@H](O)[C@@H](O)[C@@H](O[C@H]4[C@H](O)[C@@H](O)[C@@H](O[C@H]5[C@H](O)[C@@H](O)[C@@H](O[C@H]6[C@H](O)[C@@H](O)[C@@H](O[C@H]7[C@H](O)[C@@H](O)[C@@H](O[C@H]8[C@H](O)[C@@H](O)[C@@H](O[C@@H]1[C@@H](CO)O2)O[C@@H]8CO)O[C@@H]7CO)O[C@@H]6CO)O[C@@H]5CO)O[C@@H]4CO)O[C@@H]3CO. The first-order chi connectivity index (χ1) is 38.2. The third-order valence-corrected chi connectivity index (χ3v) is 15.9. The van der Waals surface area contributed by atoms with Gasteiger partial charge in [0, 0.05) is 6.54 Å². The molecule has 0 aliphatic carbocycles. The van der Waals surface area contributed by atoms with E-state index in [1.807, 2.05) is 0 Å². The quantitative estimate of drug-likeness (QED) is 0.0903. The maximum absolute atomic E-state index is 11.5. The number of thiol groups is 1. The summed E-state index contributed by atoms with van der Waals surface area (Å²) in [6.07, 6.45) is -63.6. The van der Waals surface area contributed by atoms with Gasteiger partial charge in [0.2, 0.25) is 0 Å². The second-order valence-electron chi connectivity index (χ2n) is 20.4. The summed E-state index contributed by atoms with van der Waals surface area (Å²) in [5.74, 6) is 0. The summed E-state index contributed by atoms with van der Waals surface area (Å²) in [7, 11) is 0. The molecule has 21 saturated heterocycles. The van der Waals surface area contributed by atoms with Gasteiger partial charge in [0.05, 0.1) is 64.1 Å². The lowest BCUT2D eigenvalue weighted by molar-refractivity contribution is -0.396. The average Bonchev–Trinajstić information content (AvgIpc) is 3.47. The van der Waals surface area contributed by atoms with Crippen LogP contribution in [0.1, 0.15) is 0 Å². The lowest BCUT2D eigenvalue weighted by atomic mass is 9.95. The molecule has 21 aliphatic rings. The van der Waals surface area contributed by atoms with E-state index in [0.29, 0.717) is 0 Å². The van der Waals surface area contributed by atoms with E-state index in [1.165, 1.54) is 0 Å². The smallest absolute Gasteiger partial charge is 0.187 e. The lowest BCUT2D eigenvalue weighted by Gasteiger charge is -2.51. The van der Waals surface area contributed by atoms with Gasteiger partial charge in [-0.2, -0.15) is 12.6 Å². The standard InChI is InChI=1S/C44H75NO34S/c46-2-1-45-17-30-10(3-47)72-44(37(17)80)79-36-16(9-53)71-43(29(65)23(36)59)78-35-15(8-52)70-42(28(64)22(35)58)77-34-14(7-51)69-41(27(63)21(34)57)76-33-13(6-50)68-40(26(62)20(33)56)75-32-12(5-49)67-39(25(61)19(32)55)74-31-11(4-48)66-38(73-30)24(60)18(31)54/h10-65,80H,1-9H2/t10-,11-,12-,13-,14-,15-,16-,17-,18-,19-,20-,21-,22-,23-,24-,25-,26-,27-,28-,29-,30-,31-,32-,33-,34-,35-,36-,37+,38-,39-,40-,41-,42-,43-,44-/m1/s1. The van der Waals surface area contributed by atoms with Crippen LogP contribution in [0.2, 0.25) is 0 Å². The molecular formula is C44H75NO34S. The molecule has 14 bridgehead atoms. The van der Waals surface area contributed by atoms with Gasteiger partial charge in [-0.1, -0.05) is 0 Å². The van der Waals surface area contributed by atoms with Crippen LogP contribution in [-0.2, 0) is 66.3 Å². The third kappa shape index (κ3) is 13.0. The Morgan fingerprint density at radius 2 is 0.438 bits per heavy atom. The first kappa shape index (κ1) is 64.9. The second-order valence-corrected chi connectivity index (χ2v) is 21.0.